The molecule has 0 bridgehead atoms. The molecule has 0 aliphatic carbocycles. The Morgan fingerprint density at radius 3 is 2.83 bits per heavy atom. The summed E-state index contributed by atoms with van der Waals surface area (Å²) in [7, 11) is 0. The van der Waals surface area contributed by atoms with Crippen molar-refractivity contribution < 1.29 is 17.6 Å². The van der Waals surface area contributed by atoms with Crippen LogP contribution in [0.15, 0.2) is 33.1 Å². The van der Waals surface area contributed by atoms with Gasteiger partial charge in [0.25, 0.3) is 11.1 Å². The zero-order valence-electron chi connectivity index (χ0n) is 8.77. The zero-order valence-corrected chi connectivity index (χ0v) is 10.4. The first kappa shape index (κ1) is 13.1. The fourth-order valence-corrected chi connectivity index (χ4v) is 2.25. The quantitative estimate of drug-likeness (QED) is 0.786. The number of thiazole rings is 1. The molecule has 0 saturated carbocycles. The summed E-state index contributed by atoms with van der Waals surface area (Å²) in [6, 6.07) is 0. The Bertz CT molecular complexity index is 537. The minimum Gasteiger partial charge on any atom is -0.409 e. The fourth-order valence-electron chi connectivity index (χ4n) is 1.01. The number of nitrogens with zero attached hydrogens (tertiary/aromatic N) is 3. The van der Waals surface area contributed by atoms with Crippen molar-refractivity contribution in [3.05, 3.63) is 23.5 Å². The second kappa shape index (κ2) is 6.01. The molecule has 0 aromatic carbocycles. The van der Waals surface area contributed by atoms with E-state index in [9.17, 15) is 13.2 Å². The van der Waals surface area contributed by atoms with Crippen LogP contribution < -0.4 is 0 Å². The molecule has 0 fully saturated rings. The minimum atomic E-state index is -2.29. The third-order valence-corrected chi connectivity index (χ3v) is 3.36. The molecule has 2 heterocycles. The molecular formula is C9H6F3N3OS2. The van der Waals surface area contributed by atoms with Crippen LogP contribution in [-0.4, -0.2) is 20.9 Å². The van der Waals surface area contributed by atoms with Gasteiger partial charge < -0.3 is 4.42 Å². The lowest BCUT2D eigenvalue weighted by Gasteiger charge is -1.93. The van der Waals surface area contributed by atoms with Crippen molar-refractivity contribution in [2.75, 3.05) is 5.75 Å². The van der Waals surface area contributed by atoms with E-state index >= 15 is 0 Å². The molecule has 0 amide bonds. The van der Waals surface area contributed by atoms with Crippen molar-refractivity contribution >= 4 is 23.1 Å². The Balaban J connectivity index is 1.90. The van der Waals surface area contributed by atoms with Gasteiger partial charge in [-0.2, -0.15) is 8.78 Å². The van der Waals surface area contributed by atoms with Gasteiger partial charge in [-0.15, -0.1) is 21.5 Å². The third kappa shape index (κ3) is 3.33. The summed E-state index contributed by atoms with van der Waals surface area (Å²) in [6.45, 7) is 0. The second-order valence-electron chi connectivity index (χ2n) is 2.97. The molecule has 0 spiro atoms. The highest BCUT2D eigenvalue weighted by atomic mass is 32.2. The Morgan fingerprint density at radius 2 is 2.17 bits per heavy atom. The Morgan fingerprint density at radius 1 is 1.33 bits per heavy atom. The zero-order chi connectivity index (χ0) is 13.0. The molecular weight excluding hydrogens is 287 g/mol. The van der Waals surface area contributed by atoms with Gasteiger partial charge in [-0.05, 0) is 0 Å². The molecule has 0 unspecified atom stereocenters. The number of thioether (sulfide) groups is 1. The molecule has 2 aromatic rings. The predicted molar refractivity (Wildman–Crippen MR) is 61.1 cm³/mol. The van der Waals surface area contributed by atoms with Crippen LogP contribution in [0.25, 0.3) is 10.9 Å². The van der Waals surface area contributed by atoms with E-state index in [1.54, 1.807) is 11.6 Å². The van der Waals surface area contributed by atoms with Crippen LogP contribution in [-0.2, 0) is 0 Å². The van der Waals surface area contributed by atoms with Crippen molar-refractivity contribution in [2.45, 2.75) is 11.6 Å². The average Bonchev–Trinajstić information content (AvgIpc) is 2.98. The molecule has 0 aliphatic heterocycles. The van der Waals surface area contributed by atoms with Gasteiger partial charge in [-0.3, -0.25) is 0 Å². The van der Waals surface area contributed by atoms with E-state index in [1.807, 2.05) is 0 Å². The maximum atomic E-state index is 12.5. The molecule has 18 heavy (non-hydrogen) atoms. The van der Waals surface area contributed by atoms with Gasteiger partial charge >= 0.3 is 6.08 Å². The van der Waals surface area contributed by atoms with Crippen LogP contribution in [0.5, 0.6) is 0 Å². The summed E-state index contributed by atoms with van der Waals surface area (Å²) in [5, 5.41) is 9.99. The number of allylic oxidation sites excluding steroid dienone is 1. The van der Waals surface area contributed by atoms with Crippen molar-refractivity contribution in [1.82, 2.24) is 15.2 Å². The van der Waals surface area contributed by atoms with E-state index in [0.29, 0.717) is 5.01 Å². The highest BCUT2D eigenvalue weighted by Crippen LogP contribution is 2.26. The van der Waals surface area contributed by atoms with Crippen LogP contribution in [0.3, 0.4) is 0 Å². The highest BCUT2D eigenvalue weighted by Gasteiger charge is 2.12. The smallest absolute Gasteiger partial charge is 0.301 e. The van der Waals surface area contributed by atoms with E-state index < -0.39 is 11.9 Å². The van der Waals surface area contributed by atoms with Gasteiger partial charge in [0.05, 0.1) is 0 Å². The van der Waals surface area contributed by atoms with E-state index in [2.05, 4.69) is 15.2 Å². The van der Waals surface area contributed by atoms with Crippen molar-refractivity contribution in [3.8, 4) is 10.9 Å². The predicted octanol–water partition coefficient (Wildman–Crippen LogP) is 3.75. The molecule has 2 rings (SSSR count). The molecule has 0 saturated heterocycles. The molecule has 0 aliphatic rings. The molecule has 4 nitrogen and oxygen atoms in total. The molecule has 0 radical (unpaired) electrons. The van der Waals surface area contributed by atoms with Gasteiger partial charge in [-0.1, -0.05) is 11.8 Å². The summed E-state index contributed by atoms with van der Waals surface area (Å²) >= 11 is 2.35. The number of hydrogen-bond donors (Lipinski definition) is 0. The lowest BCUT2D eigenvalue weighted by atomic mass is 10.4. The van der Waals surface area contributed by atoms with Crippen molar-refractivity contribution in [1.29, 1.82) is 0 Å². The number of aromatic nitrogens is 3. The Kier molecular flexibility index (Phi) is 4.37. The third-order valence-electron chi connectivity index (χ3n) is 1.77. The SMILES string of the molecule is FC(F)=C(F)CCSc1nnc(-c2nccs2)o1. The Labute approximate surface area is 108 Å². The molecule has 96 valence electrons. The molecule has 0 atom stereocenters. The van der Waals surface area contributed by atoms with E-state index in [4.69, 9.17) is 4.42 Å². The first-order chi connectivity index (χ1) is 8.66. The summed E-state index contributed by atoms with van der Waals surface area (Å²) in [5.41, 5.74) is 0. The number of hydrogen-bond acceptors (Lipinski definition) is 6. The fraction of sp³-hybridized carbons (Fsp3) is 0.222. The van der Waals surface area contributed by atoms with Gasteiger partial charge in [0, 0.05) is 23.8 Å². The average molecular weight is 293 g/mol. The molecule has 0 N–H and O–H groups in total. The number of halogens is 3. The van der Waals surface area contributed by atoms with E-state index in [-0.39, 0.29) is 23.3 Å². The first-order valence-electron chi connectivity index (χ1n) is 4.72. The van der Waals surface area contributed by atoms with Crippen LogP contribution in [0.2, 0.25) is 0 Å². The summed E-state index contributed by atoms with van der Waals surface area (Å²) in [4.78, 5) is 3.98. The standard InChI is InChI=1S/C9H6F3N3OS2/c10-5(6(11)12)1-3-18-9-15-14-7(16-9)8-13-2-4-17-8/h2,4H,1,3H2. The van der Waals surface area contributed by atoms with E-state index in [1.165, 1.54) is 11.3 Å². The van der Waals surface area contributed by atoms with Gasteiger partial charge in [0.1, 0.15) is 0 Å². The molecule has 9 heteroatoms. The lowest BCUT2D eigenvalue weighted by Crippen LogP contribution is -1.82. The normalized spacial score (nSPS) is 10.6. The van der Waals surface area contributed by atoms with Gasteiger partial charge in [0.2, 0.25) is 0 Å². The van der Waals surface area contributed by atoms with Crippen molar-refractivity contribution in [2.24, 2.45) is 0 Å². The van der Waals surface area contributed by atoms with Crippen LogP contribution in [0, 0.1) is 0 Å². The van der Waals surface area contributed by atoms with E-state index in [0.717, 1.165) is 11.8 Å². The van der Waals surface area contributed by atoms with Crippen LogP contribution in [0.4, 0.5) is 13.2 Å². The van der Waals surface area contributed by atoms with Gasteiger partial charge in [-0.25, -0.2) is 9.37 Å². The maximum Gasteiger partial charge on any atom is 0.301 e. The highest BCUT2D eigenvalue weighted by molar-refractivity contribution is 7.99. The lowest BCUT2D eigenvalue weighted by molar-refractivity contribution is 0.373. The van der Waals surface area contributed by atoms with Crippen LogP contribution >= 0.6 is 23.1 Å². The first-order valence-corrected chi connectivity index (χ1v) is 6.59. The van der Waals surface area contributed by atoms with Gasteiger partial charge in [0.15, 0.2) is 10.8 Å². The number of rotatable bonds is 5. The minimum absolute atomic E-state index is 0.0999. The maximum absolute atomic E-state index is 12.5. The monoisotopic (exact) mass is 293 g/mol. The van der Waals surface area contributed by atoms with Crippen LogP contribution in [0.1, 0.15) is 6.42 Å². The molecule has 2 aromatic heterocycles. The van der Waals surface area contributed by atoms with Crippen molar-refractivity contribution in [3.63, 3.8) is 0 Å². The summed E-state index contributed by atoms with van der Waals surface area (Å²) in [6.07, 6.45) is -1.06. The summed E-state index contributed by atoms with van der Waals surface area (Å²) in [5.74, 6) is -1.05. The summed E-state index contributed by atoms with van der Waals surface area (Å²) < 4.78 is 41.3. The largest absolute Gasteiger partial charge is 0.409 e. The topological polar surface area (TPSA) is 51.8 Å². The Hall–Kier alpha value is -1.35. The second-order valence-corrected chi connectivity index (χ2v) is 4.91.